The summed E-state index contributed by atoms with van der Waals surface area (Å²) < 4.78 is 40.3. The number of rotatable bonds is 6. The second kappa shape index (κ2) is 11.2. The van der Waals surface area contributed by atoms with Gasteiger partial charge in [0.1, 0.15) is 18.6 Å². The molecule has 11 heteroatoms. The van der Waals surface area contributed by atoms with Gasteiger partial charge in [0.15, 0.2) is 11.5 Å². The fourth-order valence-corrected chi connectivity index (χ4v) is 3.89. The normalized spacial score (nSPS) is 12.7. The number of fused-ring (bicyclic) bond motifs is 2. The summed E-state index contributed by atoms with van der Waals surface area (Å²) in [5.41, 5.74) is 2.17. The maximum Gasteiger partial charge on any atom is 0.586 e. The predicted octanol–water partition coefficient (Wildman–Crippen LogP) is 4.61. The highest BCUT2D eigenvalue weighted by molar-refractivity contribution is 5.94. The molecule has 0 saturated carbocycles. The zero-order valence-corrected chi connectivity index (χ0v) is 21.4. The minimum absolute atomic E-state index is 0.0771. The number of carbonyl (C=O) groups excluding carboxylic acids is 1. The van der Waals surface area contributed by atoms with Gasteiger partial charge in [-0.25, -0.2) is 4.68 Å². The Kier molecular flexibility index (Phi) is 7.76. The fourth-order valence-electron chi connectivity index (χ4n) is 3.89. The summed E-state index contributed by atoms with van der Waals surface area (Å²) in [4.78, 5) is 25.3. The summed E-state index contributed by atoms with van der Waals surface area (Å²) in [5.74, 6) is 0.700. The van der Waals surface area contributed by atoms with Crippen LogP contribution in [0.25, 0.3) is 22.0 Å². The van der Waals surface area contributed by atoms with E-state index in [-0.39, 0.29) is 23.6 Å². The van der Waals surface area contributed by atoms with Crippen molar-refractivity contribution in [1.82, 2.24) is 9.78 Å². The Bertz CT molecular complexity index is 1630. The first-order valence-corrected chi connectivity index (χ1v) is 11.8. The Hall–Kier alpha value is -4.98. The molecule has 1 aromatic heterocycles. The number of nitriles is 1. The van der Waals surface area contributed by atoms with Gasteiger partial charge in [-0.2, -0.15) is 10.4 Å². The van der Waals surface area contributed by atoms with Crippen LogP contribution >= 0.6 is 0 Å². The summed E-state index contributed by atoms with van der Waals surface area (Å²) in [7, 11) is 3.39. The molecule has 39 heavy (non-hydrogen) atoms. The molecule has 0 bridgehead atoms. The highest BCUT2D eigenvalue weighted by Crippen LogP contribution is 2.42. The van der Waals surface area contributed by atoms with Gasteiger partial charge in [0.2, 0.25) is 0 Å². The molecule has 200 valence electrons. The molecule has 0 amide bonds. The van der Waals surface area contributed by atoms with Crippen LogP contribution in [0.5, 0.6) is 17.2 Å². The maximum atomic E-state index is 12.7. The van der Waals surface area contributed by atoms with Crippen LogP contribution in [0, 0.1) is 11.3 Å². The molecule has 0 fully saturated rings. The quantitative estimate of drug-likeness (QED) is 0.330. The zero-order chi connectivity index (χ0) is 28.2. The molecule has 0 radical (unpaired) electrons. The van der Waals surface area contributed by atoms with E-state index >= 15 is 0 Å². The standard InChI is InChI=1S/C18H13N3O3.C10H11F2NO2/c1-24-14-5-6-15-16(10-14)18(23)21(7-8-22)20-17(15)13-4-2-3-12(9-13)11-19;1-3-13(2)7-4-5-8-9(6-7)15-10(11,12)14-8/h2-6,8-10H,7H2,1H3;4-6H,3H2,1-2H3. The molecular formula is C28H24F2N4O5. The number of hydrogen-bond acceptors (Lipinski definition) is 8. The van der Waals surface area contributed by atoms with Crippen LogP contribution in [0.4, 0.5) is 14.5 Å². The highest BCUT2D eigenvalue weighted by atomic mass is 19.3. The van der Waals surface area contributed by atoms with Crippen molar-refractivity contribution in [3.8, 4) is 34.6 Å². The predicted molar refractivity (Wildman–Crippen MR) is 140 cm³/mol. The lowest BCUT2D eigenvalue weighted by Crippen LogP contribution is -2.25. The molecule has 4 aromatic rings. The number of aldehydes is 1. The van der Waals surface area contributed by atoms with Crippen molar-refractivity contribution in [2.75, 3.05) is 25.6 Å². The van der Waals surface area contributed by atoms with E-state index in [2.05, 4.69) is 20.6 Å². The van der Waals surface area contributed by atoms with Crippen molar-refractivity contribution in [2.24, 2.45) is 0 Å². The topological polar surface area (TPSA) is 107 Å². The molecule has 0 saturated heterocycles. The van der Waals surface area contributed by atoms with E-state index < -0.39 is 6.29 Å². The summed E-state index contributed by atoms with van der Waals surface area (Å²) in [6.45, 7) is 2.62. The largest absolute Gasteiger partial charge is 0.586 e. The molecule has 9 nitrogen and oxygen atoms in total. The van der Waals surface area contributed by atoms with Crippen LogP contribution in [-0.2, 0) is 11.3 Å². The van der Waals surface area contributed by atoms with E-state index in [4.69, 9.17) is 10.00 Å². The molecule has 0 unspecified atom stereocenters. The van der Waals surface area contributed by atoms with Crippen LogP contribution in [0.2, 0.25) is 0 Å². The van der Waals surface area contributed by atoms with E-state index in [0.29, 0.717) is 39.6 Å². The van der Waals surface area contributed by atoms with E-state index in [1.54, 1.807) is 48.5 Å². The van der Waals surface area contributed by atoms with Gasteiger partial charge in [0.25, 0.3) is 5.56 Å². The molecule has 0 N–H and O–H groups in total. The lowest BCUT2D eigenvalue weighted by Gasteiger charge is -2.16. The van der Waals surface area contributed by atoms with Gasteiger partial charge in [0.05, 0.1) is 29.8 Å². The number of carbonyl (C=O) groups is 1. The monoisotopic (exact) mass is 534 g/mol. The van der Waals surface area contributed by atoms with Crippen molar-refractivity contribution < 1.29 is 27.8 Å². The number of methoxy groups -OCH3 is 1. The first-order valence-electron chi connectivity index (χ1n) is 11.8. The zero-order valence-electron chi connectivity index (χ0n) is 21.4. The number of benzene rings is 3. The van der Waals surface area contributed by atoms with Crippen molar-refractivity contribution in [2.45, 2.75) is 19.8 Å². The molecule has 0 spiro atoms. The summed E-state index contributed by atoms with van der Waals surface area (Å²) in [6.07, 6.45) is -2.92. The van der Waals surface area contributed by atoms with Crippen LogP contribution in [0.1, 0.15) is 12.5 Å². The van der Waals surface area contributed by atoms with Crippen LogP contribution in [-0.4, -0.2) is 43.1 Å². The van der Waals surface area contributed by atoms with Gasteiger partial charge in [-0.15, -0.1) is 8.78 Å². The van der Waals surface area contributed by atoms with E-state index in [9.17, 15) is 18.4 Å². The number of aromatic nitrogens is 2. The Labute approximate surface area is 222 Å². The number of anilines is 1. The minimum atomic E-state index is -3.54. The Balaban J connectivity index is 0.000000202. The number of hydrogen-bond donors (Lipinski definition) is 0. The van der Waals surface area contributed by atoms with Gasteiger partial charge in [-0.1, -0.05) is 12.1 Å². The minimum Gasteiger partial charge on any atom is -0.497 e. The molecule has 3 aromatic carbocycles. The smallest absolute Gasteiger partial charge is 0.497 e. The van der Waals surface area contributed by atoms with Crippen molar-refractivity contribution in [1.29, 1.82) is 5.26 Å². The van der Waals surface area contributed by atoms with Crippen LogP contribution < -0.4 is 24.7 Å². The lowest BCUT2D eigenvalue weighted by atomic mass is 10.0. The second-order valence-corrected chi connectivity index (χ2v) is 8.42. The summed E-state index contributed by atoms with van der Waals surface area (Å²) in [6, 6.07) is 18.9. The third-order valence-electron chi connectivity index (χ3n) is 5.98. The van der Waals surface area contributed by atoms with Gasteiger partial charge in [-0.3, -0.25) is 4.79 Å². The van der Waals surface area contributed by atoms with Crippen molar-refractivity contribution >= 4 is 22.7 Å². The van der Waals surface area contributed by atoms with Crippen molar-refractivity contribution in [3.63, 3.8) is 0 Å². The molecule has 1 aliphatic rings. The highest BCUT2D eigenvalue weighted by Gasteiger charge is 2.43. The molecule has 5 rings (SSSR count). The first-order chi connectivity index (χ1) is 18.7. The SMILES string of the molecule is CCN(C)c1ccc2c(c1)OC(F)(F)O2.COc1ccc2c(-c3cccc(C#N)c3)nn(CC=O)c(=O)c2c1. The van der Waals surface area contributed by atoms with Gasteiger partial charge >= 0.3 is 6.29 Å². The Morgan fingerprint density at radius 2 is 1.87 bits per heavy atom. The number of nitrogens with zero attached hydrogens (tertiary/aromatic N) is 4. The average molecular weight is 535 g/mol. The number of halogens is 2. The van der Waals surface area contributed by atoms with E-state index in [1.807, 2.05) is 24.9 Å². The molecule has 1 aliphatic heterocycles. The van der Waals surface area contributed by atoms with E-state index in [0.717, 1.165) is 16.9 Å². The second-order valence-electron chi connectivity index (χ2n) is 8.42. The third-order valence-corrected chi connectivity index (χ3v) is 5.98. The molecule has 0 atom stereocenters. The molecule has 2 heterocycles. The summed E-state index contributed by atoms with van der Waals surface area (Å²) >= 11 is 0. The Morgan fingerprint density at radius 3 is 2.56 bits per heavy atom. The average Bonchev–Trinajstić information content (AvgIpc) is 3.27. The number of ether oxygens (including phenoxy) is 3. The fraction of sp³-hybridized carbons (Fsp3) is 0.214. The van der Waals surface area contributed by atoms with Gasteiger partial charge in [0, 0.05) is 36.3 Å². The van der Waals surface area contributed by atoms with Gasteiger partial charge < -0.3 is 23.9 Å². The first kappa shape index (κ1) is 27.1. The van der Waals surface area contributed by atoms with Crippen LogP contribution in [0.3, 0.4) is 0 Å². The molecular weight excluding hydrogens is 510 g/mol. The van der Waals surface area contributed by atoms with Gasteiger partial charge in [-0.05, 0) is 49.4 Å². The van der Waals surface area contributed by atoms with Crippen LogP contribution in [0.15, 0.2) is 65.5 Å². The Morgan fingerprint density at radius 1 is 1.10 bits per heavy atom. The van der Waals surface area contributed by atoms with Crippen molar-refractivity contribution in [3.05, 3.63) is 76.6 Å². The third kappa shape index (κ3) is 5.80. The molecule has 0 aliphatic carbocycles. The lowest BCUT2D eigenvalue weighted by molar-refractivity contribution is -0.286. The van der Waals surface area contributed by atoms with E-state index in [1.165, 1.54) is 13.2 Å². The maximum absolute atomic E-state index is 12.7. The summed E-state index contributed by atoms with van der Waals surface area (Å²) in [5, 5.41) is 14.4. The number of alkyl halides is 2.